The first-order valence-electron chi connectivity index (χ1n) is 4.15. The molecule has 1 aromatic rings. The van der Waals surface area contributed by atoms with E-state index < -0.39 is 14.2 Å². The van der Waals surface area contributed by atoms with Gasteiger partial charge in [0.2, 0.25) is 0 Å². The minimum absolute atomic E-state index is 0.587. The van der Waals surface area contributed by atoms with Gasteiger partial charge in [-0.3, -0.25) is 0 Å². The molecule has 0 aliphatic carbocycles. The molecule has 1 atom stereocenters. The second kappa shape index (κ2) is 5.25. The molecule has 4 heteroatoms. The van der Waals surface area contributed by atoms with E-state index in [1.165, 1.54) is 0 Å². The summed E-state index contributed by atoms with van der Waals surface area (Å²) in [4.78, 5) is 0. The van der Waals surface area contributed by atoms with Gasteiger partial charge < -0.3 is 0 Å². The van der Waals surface area contributed by atoms with E-state index in [1.807, 2.05) is 19.1 Å². The summed E-state index contributed by atoms with van der Waals surface area (Å²) in [6.07, 6.45) is 0. The summed E-state index contributed by atoms with van der Waals surface area (Å²) in [5, 5.41) is 3.13. The maximum absolute atomic E-state index is 11.0. The third-order valence-electron chi connectivity index (χ3n) is 1.73. The van der Waals surface area contributed by atoms with Crippen molar-refractivity contribution in [2.45, 2.75) is 13.5 Å². The van der Waals surface area contributed by atoms with Crippen molar-refractivity contribution < 1.29 is 8.02 Å². The third kappa shape index (κ3) is 3.01. The third-order valence-corrected chi connectivity index (χ3v) is 3.35. The van der Waals surface area contributed by atoms with E-state index in [0.717, 1.165) is 12.1 Å². The maximum atomic E-state index is 11.0. The Morgan fingerprint density at radius 2 is 2.15 bits per heavy atom. The zero-order chi connectivity index (χ0) is 9.68. The molecule has 0 spiro atoms. The van der Waals surface area contributed by atoms with Crippen LogP contribution in [0.1, 0.15) is 12.5 Å². The molecule has 0 fully saturated rings. The van der Waals surface area contributed by atoms with Crippen LogP contribution in [0.15, 0.2) is 24.3 Å². The second-order valence-corrected chi connectivity index (χ2v) is 4.61. The molecule has 0 saturated heterocycles. The Labute approximate surface area is 82.2 Å². The van der Waals surface area contributed by atoms with Crippen molar-refractivity contribution in [2.75, 3.05) is 6.54 Å². The molecule has 0 aromatic heterocycles. The molecule has 72 valence electrons. The van der Waals surface area contributed by atoms with Crippen LogP contribution in [0.25, 0.3) is 0 Å². The Kier molecular flexibility index (Phi) is 4.25. The number of rotatable bonds is 4. The SMILES string of the molecule is CCNCc1ccccc1[Se](=O)O. The Hall–Kier alpha value is -0.541. The van der Waals surface area contributed by atoms with Crippen molar-refractivity contribution >= 4 is 18.6 Å². The fourth-order valence-corrected chi connectivity index (χ4v) is 2.25. The normalized spacial score (nSPS) is 12.8. The molecule has 1 unspecified atom stereocenters. The van der Waals surface area contributed by atoms with Gasteiger partial charge in [-0.05, 0) is 0 Å². The Balaban J connectivity index is 2.84. The monoisotopic (exact) mass is 247 g/mol. The molecule has 0 bridgehead atoms. The zero-order valence-electron chi connectivity index (χ0n) is 7.49. The molecule has 0 aliphatic heterocycles. The topological polar surface area (TPSA) is 49.3 Å². The second-order valence-electron chi connectivity index (χ2n) is 2.64. The molecule has 1 aromatic carbocycles. The summed E-state index contributed by atoms with van der Waals surface area (Å²) in [6.45, 7) is 3.53. The summed E-state index contributed by atoms with van der Waals surface area (Å²) in [5.74, 6) is 0. The Morgan fingerprint density at radius 1 is 1.46 bits per heavy atom. The van der Waals surface area contributed by atoms with E-state index in [9.17, 15) is 3.83 Å². The van der Waals surface area contributed by atoms with Gasteiger partial charge in [-0.25, -0.2) is 0 Å². The van der Waals surface area contributed by atoms with Crippen LogP contribution in [0.4, 0.5) is 0 Å². The van der Waals surface area contributed by atoms with E-state index in [-0.39, 0.29) is 0 Å². The summed E-state index contributed by atoms with van der Waals surface area (Å²) in [6, 6.07) is 7.26. The van der Waals surface area contributed by atoms with Gasteiger partial charge in [0.1, 0.15) is 0 Å². The quantitative estimate of drug-likeness (QED) is 0.730. The average molecular weight is 246 g/mol. The first-order chi connectivity index (χ1) is 6.25. The molecule has 13 heavy (non-hydrogen) atoms. The van der Waals surface area contributed by atoms with Crippen molar-refractivity contribution in [3.8, 4) is 0 Å². The van der Waals surface area contributed by atoms with Crippen molar-refractivity contribution in [3.63, 3.8) is 0 Å². The van der Waals surface area contributed by atoms with E-state index in [4.69, 9.17) is 4.19 Å². The Bertz CT molecular complexity index is 301. The van der Waals surface area contributed by atoms with Gasteiger partial charge in [0, 0.05) is 0 Å². The van der Waals surface area contributed by atoms with Crippen LogP contribution < -0.4 is 9.78 Å². The van der Waals surface area contributed by atoms with E-state index in [0.29, 0.717) is 11.0 Å². The number of benzene rings is 1. The number of hydrogen-bond acceptors (Lipinski definition) is 2. The molecule has 0 radical (unpaired) electrons. The summed E-state index contributed by atoms with van der Waals surface area (Å²) < 4.78 is 20.6. The fraction of sp³-hybridized carbons (Fsp3) is 0.333. The molecule has 1 rings (SSSR count). The standard InChI is InChI=1S/C9H13NO2Se/c1-2-10-7-8-5-3-4-6-9(8)13(11)12/h3-6,10H,2,7H2,1H3,(H,11,12). The van der Waals surface area contributed by atoms with Crippen LogP contribution in [-0.4, -0.2) is 24.9 Å². The van der Waals surface area contributed by atoms with Gasteiger partial charge in [0.25, 0.3) is 0 Å². The van der Waals surface area contributed by atoms with Crippen LogP contribution in [0.5, 0.6) is 0 Å². The summed E-state index contributed by atoms with van der Waals surface area (Å²) in [5.41, 5.74) is 0.923. The number of hydrogen-bond donors (Lipinski definition) is 2. The Morgan fingerprint density at radius 3 is 2.77 bits per heavy atom. The molecular weight excluding hydrogens is 233 g/mol. The number of nitrogens with one attached hydrogen (secondary N) is 1. The van der Waals surface area contributed by atoms with Crippen molar-refractivity contribution in [1.82, 2.24) is 5.32 Å². The predicted molar refractivity (Wildman–Crippen MR) is 52.1 cm³/mol. The van der Waals surface area contributed by atoms with Gasteiger partial charge in [0.15, 0.2) is 0 Å². The first kappa shape index (κ1) is 10.5. The zero-order valence-corrected chi connectivity index (χ0v) is 9.20. The van der Waals surface area contributed by atoms with Crippen LogP contribution in [0.2, 0.25) is 0 Å². The van der Waals surface area contributed by atoms with Crippen LogP contribution in [0, 0.1) is 0 Å². The summed E-state index contributed by atoms with van der Waals surface area (Å²) >= 11 is -2.77. The molecule has 0 heterocycles. The van der Waals surface area contributed by atoms with Crippen LogP contribution >= 0.6 is 0 Å². The van der Waals surface area contributed by atoms with E-state index in [2.05, 4.69) is 5.32 Å². The molecule has 0 saturated carbocycles. The van der Waals surface area contributed by atoms with E-state index >= 15 is 0 Å². The molecule has 2 N–H and O–H groups in total. The van der Waals surface area contributed by atoms with Gasteiger partial charge in [-0.15, -0.1) is 0 Å². The molecular formula is C9H13NO2Se. The summed E-state index contributed by atoms with van der Waals surface area (Å²) in [7, 11) is 0. The predicted octanol–water partition coefficient (Wildman–Crippen LogP) is -0.0859. The van der Waals surface area contributed by atoms with Gasteiger partial charge in [-0.1, -0.05) is 0 Å². The van der Waals surface area contributed by atoms with E-state index in [1.54, 1.807) is 12.1 Å². The van der Waals surface area contributed by atoms with Crippen molar-refractivity contribution in [3.05, 3.63) is 29.8 Å². The van der Waals surface area contributed by atoms with Crippen molar-refractivity contribution in [1.29, 1.82) is 0 Å². The fourth-order valence-electron chi connectivity index (χ4n) is 1.08. The van der Waals surface area contributed by atoms with Crippen molar-refractivity contribution in [2.24, 2.45) is 0 Å². The minimum atomic E-state index is -2.77. The van der Waals surface area contributed by atoms with Crippen LogP contribution in [0.3, 0.4) is 0 Å². The average Bonchev–Trinajstić information content (AvgIpc) is 2.15. The van der Waals surface area contributed by atoms with Gasteiger partial charge in [-0.2, -0.15) is 0 Å². The molecule has 0 amide bonds. The van der Waals surface area contributed by atoms with Gasteiger partial charge in [0.05, 0.1) is 0 Å². The molecule has 3 nitrogen and oxygen atoms in total. The first-order valence-corrected chi connectivity index (χ1v) is 6.47. The van der Waals surface area contributed by atoms with Gasteiger partial charge >= 0.3 is 81.8 Å². The molecule has 0 aliphatic rings. The van der Waals surface area contributed by atoms with Crippen LogP contribution in [-0.2, 0) is 10.4 Å².